The summed E-state index contributed by atoms with van der Waals surface area (Å²) in [4.78, 5) is 14.2. The van der Waals surface area contributed by atoms with Gasteiger partial charge in [-0.3, -0.25) is 4.79 Å². The fourth-order valence-electron chi connectivity index (χ4n) is 3.97. The summed E-state index contributed by atoms with van der Waals surface area (Å²) in [5.41, 5.74) is 5.66. The molecule has 5 nitrogen and oxygen atoms in total. The van der Waals surface area contributed by atoms with Crippen LogP contribution < -0.4 is 15.0 Å². The molecule has 0 radical (unpaired) electrons. The minimum Gasteiger partial charge on any atom is -0.483 e. The van der Waals surface area contributed by atoms with Gasteiger partial charge >= 0.3 is 0 Å². The second-order valence-electron chi connectivity index (χ2n) is 8.11. The molecule has 156 valence electrons. The van der Waals surface area contributed by atoms with Crippen LogP contribution in [0.25, 0.3) is 0 Å². The van der Waals surface area contributed by atoms with Gasteiger partial charge in [0.1, 0.15) is 31.4 Å². The number of carbonyl (C=O) groups excluding carboxylic acids is 1. The molecular formula is C24H33N2O3+. The highest BCUT2D eigenvalue weighted by molar-refractivity contribution is 5.78. The molecule has 2 aromatic carbocycles. The first-order chi connectivity index (χ1) is 13.9. The molecule has 0 aliphatic carbocycles. The van der Waals surface area contributed by atoms with Crippen molar-refractivity contribution < 1.29 is 19.2 Å². The van der Waals surface area contributed by atoms with E-state index in [-0.39, 0.29) is 18.6 Å². The maximum absolute atomic E-state index is 12.7. The Morgan fingerprint density at radius 1 is 1.03 bits per heavy atom. The highest BCUT2D eigenvalue weighted by Crippen LogP contribution is 2.24. The van der Waals surface area contributed by atoms with Crippen molar-refractivity contribution in [1.82, 2.24) is 5.32 Å². The summed E-state index contributed by atoms with van der Waals surface area (Å²) in [7, 11) is 0. The van der Waals surface area contributed by atoms with Crippen LogP contribution in [0, 0.1) is 27.7 Å². The van der Waals surface area contributed by atoms with Crippen molar-refractivity contribution in [3.63, 3.8) is 0 Å². The van der Waals surface area contributed by atoms with Gasteiger partial charge in [0.05, 0.1) is 13.2 Å². The largest absolute Gasteiger partial charge is 0.483 e. The number of aryl methyl sites for hydroxylation is 4. The molecule has 1 fully saturated rings. The number of nitrogens with one attached hydrogen (secondary N) is 2. The minimum atomic E-state index is -0.0948. The van der Waals surface area contributed by atoms with E-state index in [1.54, 1.807) is 0 Å². The van der Waals surface area contributed by atoms with Crippen molar-refractivity contribution in [3.05, 3.63) is 64.2 Å². The molecule has 1 aliphatic rings. The van der Waals surface area contributed by atoms with E-state index in [9.17, 15) is 4.79 Å². The Hall–Kier alpha value is -2.37. The minimum absolute atomic E-state index is 0.0194. The molecule has 1 saturated heterocycles. The van der Waals surface area contributed by atoms with Crippen LogP contribution in [0.4, 0.5) is 0 Å². The van der Waals surface area contributed by atoms with E-state index >= 15 is 0 Å². The monoisotopic (exact) mass is 397 g/mol. The maximum atomic E-state index is 12.7. The molecule has 2 aromatic rings. The summed E-state index contributed by atoms with van der Waals surface area (Å²) in [6.45, 7) is 12.5. The lowest BCUT2D eigenvalue weighted by Crippen LogP contribution is -3.14. The van der Waals surface area contributed by atoms with Gasteiger partial charge in [-0.25, -0.2) is 0 Å². The third-order valence-electron chi connectivity index (χ3n) is 5.46. The van der Waals surface area contributed by atoms with Crippen molar-refractivity contribution in [2.24, 2.45) is 0 Å². The summed E-state index contributed by atoms with van der Waals surface area (Å²) >= 11 is 0. The predicted molar refractivity (Wildman–Crippen MR) is 115 cm³/mol. The molecule has 0 spiro atoms. The van der Waals surface area contributed by atoms with Crippen molar-refractivity contribution in [3.8, 4) is 5.75 Å². The number of amides is 1. The average Bonchev–Trinajstić information content (AvgIpc) is 2.68. The topological polar surface area (TPSA) is 52.0 Å². The van der Waals surface area contributed by atoms with E-state index < -0.39 is 0 Å². The fourth-order valence-corrected chi connectivity index (χ4v) is 3.97. The van der Waals surface area contributed by atoms with Gasteiger partial charge in [-0.15, -0.1) is 0 Å². The third kappa shape index (κ3) is 6.05. The van der Waals surface area contributed by atoms with Crippen LogP contribution in [0.15, 0.2) is 36.4 Å². The molecule has 5 heteroatoms. The van der Waals surface area contributed by atoms with E-state index in [0.29, 0.717) is 0 Å². The van der Waals surface area contributed by atoms with E-state index in [4.69, 9.17) is 9.47 Å². The zero-order chi connectivity index (χ0) is 20.8. The van der Waals surface area contributed by atoms with Crippen LogP contribution in [0.2, 0.25) is 0 Å². The van der Waals surface area contributed by atoms with E-state index in [0.717, 1.165) is 55.3 Å². The molecular weight excluding hydrogens is 364 g/mol. The summed E-state index contributed by atoms with van der Waals surface area (Å²) in [6, 6.07) is 12.5. The number of carbonyl (C=O) groups is 1. The smallest absolute Gasteiger partial charge is 0.258 e. The Kier molecular flexibility index (Phi) is 7.29. The number of hydrogen-bond donors (Lipinski definition) is 2. The van der Waals surface area contributed by atoms with Crippen molar-refractivity contribution in [2.45, 2.75) is 33.7 Å². The molecule has 0 unspecified atom stereocenters. The van der Waals surface area contributed by atoms with Gasteiger partial charge in [-0.05, 0) is 44.4 Å². The van der Waals surface area contributed by atoms with Crippen LogP contribution in [0.3, 0.4) is 0 Å². The number of hydrogen-bond acceptors (Lipinski definition) is 3. The third-order valence-corrected chi connectivity index (χ3v) is 5.46. The first-order valence-corrected chi connectivity index (χ1v) is 10.4. The Morgan fingerprint density at radius 2 is 1.66 bits per heavy atom. The Balaban J connectivity index is 1.66. The number of ether oxygens (including phenoxy) is 2. The molecule has 3 rings (SSSR count). The quantitative estimate of drug-likeness (QED) is 0.752. The second-order valence-corrected chi connectivity index (χ2v) is 8.11. The molecule has 1 amide bonds. The lowest BCUT2D eigenvalue weighted by atomic mass is 10.0. The second kappa shape index (κ2) is 9.90. The van der Waals surface area contributed by atoms with Gasteiger partial charge in [-0.1, -0.05) is 47.5 Å². The SMILES string of the molecule is Cc1ccc([C@@H](C[NH+]2CCOCC2)NC(=O)COc2c(C)cc(C)cc2C)cc1. The van der Waals surface area contributed by atoms with Crippen molar-refractivity contribution >= 4 is 5.91 Å². The van der Waals surface area contributed by atoms with Crippen LogP contribution in [0.5, 0.6) is 5.75 Å². The summed E-state index contributed by atoms with van der Waals surface area (Å²) in [6.07, 6.45) is 0. The molecule has 0 aromatic heterocycles. The highest BCUT2D eigenvalue weighted by atomic mass is 16.5. The molecule has 0 saturated carbocycles. The standard InChI is InChI=1S/C24H32N2O3/c1-17-5-7-21(8-6-17)22(15-26-9-11-28-12-10-26)25-23(27)16-29-24-19(3)13-18(2)14-20(24)4/h5-8,13-14,22H,9-12,15-16H2,1-4H3,(H,25,27)/p+1/t22-/m1/s1. The van der Waals surface area contributed by atoms with Gasteiger partial charge in [-0.2, -0.15) is 0 Å². The predicted octanol–water partition coefficient (Wildman–Crippen LogP) is 2.07. The number of rotatable bonds is 7. The number of quaternary nitrogens is 1. The number of morpholine rings is 1. The lowest BCUT2D eigenvalue weighted by Gasteiger charge is -2.28. The van der Waals surface area contributed by atoms with Crippen LogP contribution in [-0.4, -0.2) is 45.4 Å². The molecule has 29 heavy (non-hydrogen) atoms. The van der Waals surface area contributed by atoms with Crippen LogP contribution in [0.1, 0.15) is 33.9 Å². The summed E-state index contributed by atoms with van der Waals surface area (Å²) < 4.78 is 11.4. The van der Waals surface area contributed by atoms with Crippen molar-refractivity contribution in [1.29, 1.82) is 0 Å². The van der Waals surface area contributed by atoms with Gasteiger partial charge in [0.15, 0.2) is 6.61 Å². The molecule has 1 atom stereocenters. The zero-order valence-corrected chi connectivity index (χ0v) is 18.0. The Bertz CT molecular complexity index is 804. The van der Waals surface area contributed by atoms with Crippen LogP contribution >= 0.6 is 0 Å². The molecule has 1 aliphatic heterocycles. The molecule has 0 bridgehead atoms. The first kappa shape index (κ1) is 21.3. The summed E-state index contributed by atoms with van der Waals surface area (Å²) in [5.74, 6) is 0.707. The first-order valence-electron chi connectivity index (χ1n) is 10.4. The van der Waals surface area contributed by atoms with Crippen LogP contribution in [-0.2, 0) is 9.53 Å². The van der Waals surface area contributed by atoms with Gasteiger partial charge in [0, 0.05) is 0 Å². The van der Waals surface area contributed by atoms with E-state index in [2.05, 4.69) is 55.6 Å². The number of benzene rings is 2. The molecule has 2 N–H and O–H groups in total. The normalized spacial score (nSPS) is 15.7. The average molecular weight is 398 g/mol. The van der Waals surface area contributed by atoms with Gasteiger partial charge in [0.2, 0.25) is 0 Å². The highest BCUT2D eigenvalue weighted by Gasteiger charge is 2.23. The molecule has 1 heterocycles. The van der Waals surface area contributed by atoms with Crippen molar-refractivity contribution in [2.75, 3.05) is 39.5 Å². The van der Waals surface area contributed by atoms with E-state index in [1.807, 2.05) is 13.8 Å². The van der Waals surface area contributed by atoms with Gasteiger partial charge < -0.3 is 19.7 Å². The fraction of sp³-hybridized carbons (Fsp3) is 0.458. The van der Waals surface area contributed by atoms with E-state index in [1.165, 1.54) is 16.0 Å². The Morgan fingerprint density at radius 3 is 2.28 bits per heavy atom. The van der Waals surface area contributed by atoms with Gasteiger partial charge in [0.25, 0.3) is 5.91 Å². The zero-order valence-electron chi connectivity index (χ0n) is 18.0. The Labute approximate surface area is 174 Å². The summed E-state index contributed by atoms with van der Waals surface area (Å²) in [5, 5.41) is 3.20. The maximum Gasteiger partial charge on any atom is 0.258 e. The lowest BCUT2D eigenvalue weighted by molar-refractivity contribution is -0.909.